The Balaban J connectivity index is 1.50. The minimum atomic E-state index is -1.88. The van der Waals surface area contributed by atoms with Gasteiger partial charge >= 0.3 is 0 Å². The molecule has 4 rings (SSSR count). The first-order valence-corrected chi connectivity index (χ1v) is 12.8. The second-order valence-corrected chi connectivity index (χ2v) is 9.85. The van der Waals surface area contributed by atoms with Crippen molar-refractivity contribution < 1.29 is 28.3 Å². The molecule has 3 amide bonds. The Labute approximate surface area is 225 Å². The number of hydrogen-bond acceptors (Lipinski definition) is 4. The number of rotatable bonds is 7. The predicted molar refractivity (Wildman–Crippen MR) is 141 cm³/mol. The van der Waals surface area contributed by atoms with Crippen molar-refractivity contribution in [3.8, 4) is 0 Å². The Morgan fingerprint density at radius 3 is 2.05 bits per heavy atom. The first-order valence-electron chi connectivity index (χ1n) is 12.8. The van der Waals surface area contributed by atoms with Crippen LogP contribution in [-0.4, -0.2) is 46.9 Å². The third kappa shape index (κ3) is 6.67. The standard InChI is InChI=1S/C30H31F2N3O4/c1-18(33-29(38)27(36)22-13-23(31)17-24(32)14-22)28(37)34-25-15-21(19-9-5-3-6-10-19)16-26(35(2)30(25)39)20-11-7-4-8-12-20/h3-14,17-18,21,25-27,36H,15-16H2,1-2H3,(H,33,38)(H,34,37)/t18-,21-,25-,26-,27-/m0/s1. The number of likely N-dealkylation sites (tertiary alicyclic amines) is 1. The largest absolute Gasteiger partial charge is 0.378 e. The van der Waals surface area contributed by atoms with Crippen molar-refractivity contribution >= 4 is 17.7 Å². The van der Waals surface area contributed by atoms with E-state index in [1.807, 2.05) is 60.7 Å². The van der Waals surface area contributed by atoms with E-state index in [-0.39, 0.29) is 23.4 Å². The molecule has 3 aromatic rings. The molecule has 1 saturated heterocycles. The van der Waals surface area contributed by atoms with Gasteiger partial charge in [0.2, 0.25) is 11.8 Å². The summed E-state index contributed by atoms with van der Waals surface area (Å²) in [7, 11) is 1.71. The highest BCUT2D eigenvalue weighted by molar-refractivity contribution is 5.93. The summed E-state index contributed by atoms with van der Waals surface area (Å²) in [6, 6.07) is 19.6. The Bertz CT molecular complexity index is 1300. The third-order valence-electron chi connectivity index (χ3n) is 7.11. The summed E-state index contributed by atoms with van der Waals surface area (Å²) >= 11 is 0. The van der Waals surface area contributed by atoms with Crippen LogP contribution in [0.2, 0.25) is 0 Å². The maximum absolute atomic E-state index is 13.6. The number of likely N-dealkylation sites (N-methyl/N-ethyl adjacent to an activating group) is 1. The van der Waals surface area contributed by atoms with Crippen LogP contribution in [0.4, 0.5) is 8.78 Å². The zero-order valence-corrected chi connectivity index (χ0v) is 21.7. The first-order chi connectivity index (χ1) is 18.6. The Hall–Kier alpha value is -4.11. The fraction of sp³-hybridized carbons (Fsp3) is 0.300. The normalized spacial score (nSPS) is 21.0. The van der Waals surface area contributed by atoms with Gasteiger partial charge in [0.1, 0.15) is 23.7 Å². The molecule has 1 heterocycles. The number of nitrogens with zero attached hydrogens (tertiary/aromatic N) is 1. The second-order valence-electron chi connectivity index (χ2n) is 9.85. The van der Waals surface area contributed by atoms with Crippen LogP contribution in [-0.2, 0) is 14.4 Å². The van der Waals surface area contributed by atoms with E-state index in [1.54, 1.807) is 11.9 Å². The molecule has 0 radical (unpaired) electrons. The van der Waals surface area contributed by atoms with Crippen molar-refractivity contribution in [3.05, 3.63) is 107 Å². The Morgan fingerprint density at radius 2 is 1.46 bits per heavy atom. The summed E-state index contributed by atoms with van der Waals surface area (Å²) in [5, 5.41) is 15.4. The van der Waals surface area contributed by atoms with Gasteiger partial charge in [-0.3, -0.25) is 14.4 Å². The van der Waals surface area contributed by atoms with Gasteiger partial charge in [-0.1, -0.05) is 60.7 Å². The highest BCUT2D eigenvalue weighted by atomic mass is 19.1. The van der Waals surface area contributed by atoms with Gasteiger partial charge in [-0.15, -0.1) is 0 Å². The summed E-state index contributed by atoms with van der Waals surface area (Å²) in [5.74, 6) is -3.81. The number of carbonyl (C=O) groups excluding carboxylic acids is 3. The van der Waals surface area contributed by atoms with Gasteiger partial charge in [0, 0.05) is 13.1 Å². The average molecular weight is 536 g/mol. The van der Waals surface area contributed by atoms with Crippen molar-refractivity contribution in [2.75, 3.05) is 7.05 Å². The SMILES string of the molecule is C[C@H](NC(=O)[C@@H](O)c1cc(F)cc(F)c1)C(=O)N[C@H]1C[C@H](c2ccccc2)C[C@@H](c2ccccc2)N(C)C1=O. The van der Waals surface area contributed by atoms with Crippen LogP contribution in [0, 0.1) is 11.6 Å². The van der Waals surface area contributed by atoms with E-state index in [4.69, 9.17) is 0 Å². The summed E-state index contributed by atoms with van der Waals surface area (Å²) < 4.78 is 27.0. The van der Waals surface area contributed by atoms with E-state index in [9.17, 15) is 28.3 Å². The first kappa shape index (κ1) is 27.9. The molecular weight excluding hydrogens is 504 g/mol. The lowest BCUT2D eigenvalue weighted by molar-refractivity contribution is -0.138. The number of nitrogens with one attached hydrogen (secondary N) is 2. The van der Waals surface area contributed by atoms with E-state index in [0.29, 0.717) is 18.9 Å². The van der Waals surface area contributed by atoms with E-state index < -0.39 is 41.6 Å². The minimum Gasteiger partial charge on any atom is -0.378 e. The smallest absolute Gasteiger partial charge is 0.254 e. The fourth-order valence-corrected chi connectivity index (χ4v) is 5.00. The molecule has 3 aromatic carbocycles. The van der Waals surface area contributed by atoms with Gasteiger partial charge in [0.15, 0.2) is 6.10 Å². The molecule has 0 aliphatic carbocycles. The topological polar surface area (TPSA) is 98.7 Å². The highest BCUT2D eigenvalue weighted by Crippen LogP contribution is 2.38. The zero-order chi connectivity index (χ0) is 28.1. The van der Waals surface area contributed by atoms with Crippen LogP contribution in [0.3, 0.4) is 0 Å². The summed E-state index contributed by atoms with van der Waals surface area (Å²) in [4.78, 5) is 40.8. The number of aliphatic hydroxyl groups excluding tert-OH is 1. The molecule has 0 spiro atoms. The van der Waals surface area contributed by atoms with E-state index >= 15 is 0 Å². The molecule has 39 heavy (non-hydrogen) atoms. The molecule has 0 unspecified atom stereocenters. The molecule has 0 bridgehead atoms. The van der Waals surface area contributed by atoms with E-state index in [0.717, 1.165) is 23.3 Å². The van der Waals surface area contributed by atoms with Crippen LogP contribution in [0.15, 0.2) is 78.9 Å². The lowest BCUT2D eigenvalue weighted by Crippen LogP contribution is -2.53. The van der Waals surface area contributed by atoms with Gasteiger partial charge < -0.3 is 20.6 Å². The lowest BCUT2D eigenvalue weighted by atomic mass is 9.86. The Kier molecular flexibility index (Phi) is 8.71. The number of hydrogen-bond donors (Lipinski definition) is 3. The van der Waals surface area contributed by atoms with Crippen LogP contribution in [0.1, 0.15) is 54.5 Å². The molecule has 204 valence electrons. The molecule has 9 heteroatoms. The molecular formula is C30H31F2N3O4. The van der Waals surface area contributed by atoms with Crippen molar-refractivity contribution in [2.45, 2.75) is 49.9 Å². The lowest BCUT2D eigenvalue weighted by Gasteiger charge is -2.29. The molecule has 1 aliphatic heterocycles. The van der Waals surface area contributed by atoms with Crippen LogP contribution < -0.4 is 10.6 Å². The molecule has 0 aromatic heterocycles. The van der Waals surface area contributed by atoms with Crippen molar-refractivity contribution in [1.29, 1.82) is 0 Å². The van der Waals surface area contributed by atoms with Crippen molar-refractivity contribution in [1.82, 2.24) is 15.5 Å². The molecule has 3 N–H and O–H groups in total. The summed E-state index contributed by atoms with van der Waals surface area (Å²) in [6.45, 7) is 1.40. The van der Waals surface area contributed by atoms with Gasteiger partial charge in [-0.25, -0.2) is 8.78 Å². The number of halogens is 2. The molecule has 0 saturated carbocycles. The Morgan fingerprint density at radius 1 is 0.897 bits per heavy atom. The van der Waals surface area contributed by atoms with Gasteiger partial charge in [-0.05, 0) is 54.5 Å². The van der Waals surface area contributed by atoms with Gasteiger partial charge in [0.25, 0.3) is 5.91 Å². The number of aliphatic hydroxyl groups is 1. The number of amides is 3. The number of carbonyl (C=O) groups is 3. The molecule has 7 nitrogen and oxygen atoms in total. The van der Waals surface area contributed by atoms with Gasteiger partial charge in [0.05, 0.1) is 6.04 Å². The van der Waals surface area contributed by atoms with Crippen molar-refractivity contribution in [2.24, 2.45) is 0 Å². The van der Waals surface area contributed by atoms with Crippen LogP contribution in [0.25, 0.3) is 0 Å². The van der Waals surface area contributed by atoms with E-state index in [2.05, 4.69) is 10.6 Å². The maximum Gasteiger partial charge on any atom is 0.254 e. The summed E-state index contributed by atoms with van der Waals surface area (Å²) in [6.07, 6.45) is -0.871. The van der Waals surface area contributed by atoms with Gasteiger partial charge in [-0.2, -0.15) is 0 Å². The minimum absolute atomic E-state index is 0.0369. The average Bonchev–Trinajstić information content (AvgIpc) is 3.05. The molecule has 1 aliphatic rings. The van der Waals surface area contributed by atoms with Crippen molar-refractivity contribution in [3.63, 3.8) is 0 Å². The summed E-state index contributed by atoms with van der Waals surface area (Å²) in [5.41, 5.74) is 1.76. The fourth-order valence-electron chi connectivity index (χ4n) is 5.00. The zero-order valence-electron chi connectivity index (χ0n) is 21.7. The quantitative estimate of drug-likeness (QED) is 0.429. The highest BCUT2D eigenvalue weighted by Gasteiger charge is 2.38. The third-order valence-corrected chi connectivity index (χ3v) is 7.11. The molecule has 5 atom stereocenters. The maximum atomic E-state index is 13.6. The molecule has 1 fully saturated rings. The van der Waals surface area contributed by atoms with E-state index in [1.165, 1.54) is 6.92 Å². The monoisotopic (exact) mass is 535 g/mol. The van der Waals surface area contributed by atoms with Crippen LogP contribution >= 0.6 is 0 Å². The predicted octanol–water partition coefficient (Wildman–Crippen LogP) is 3.77. The number of benzene rings is 3. The second kappa shape index (κ2) is 12.2. The van der Waals surface area contributed by atoms with Crippen LogP contribution in [0.5, 0.6) is 0 Å².